The maximum Gasteiger partial charge on any atom is 0.407 e. The first-order chi connectivity index (χ1) is 17.0. The summed E-state index contributed by atoms with van der Waals surface area (Å²) in [5, 5.41) is 21.4. The fourth-order valence-electron chi connectivity index (χ4n) is 4.02. The third kappa shape index (κ3) is 6.81. The van der Waals surface area contributed by atoms with Gasteiger partial charge in [0.25, 0.3) is 0 Å². The molecule has 0 aliphatic heterocycles. The molecule has 2 aromatic rings. The van der Waals surface area contributed by atoms with Crippen LogP contribution in [0.2, 0.25) is 0 Å². The lowest BCUT2D eigenvalue weighted by Gasteiger charge is -2.33. The van der Waals surface area contributed by atoms with Crippen LogP contribution in [0.25, 0.3) is 0 Å². The number of anilines is 4. The molecule has 1 aliphatic carbocycles. The quantitative estimate of drug-likeness (QED) is 0.400. The normalized spacial score (nSPS) is 17.5. The number of amides is 1. The number of ketones is 1. The van der Waals surface area contributed by atoms with Crippen molar-refractivity contribution >= 4 is 35.0 Å². The average molecular weight is 498 g/mol. The lowest BCUT2D eigenvalue weighted by molar-refractivity contribution is 0.0488. The maximum atomic E-state index is 14.9. The number of ether oxygens (including phenoxy) is 1. The molecule has 36 heavy (non-hydrogen) atoms. The highest BCUT2D eigenvalue weighted by atomic mass is 19.1. The highest BCUT2D eigenvalue weighted by Crippen LogP contribution is 2.28. The summed E-state index contributed by atoms with van der Waals surface area (Å²) in [5.41, 5.74) is 0.140. The summed E-state index contributed by atoms with van der Waals surface area (Å²) in [6.07, 6.45) is 4.18. The number of nitriles is 1. The molecular formula is C25H32FN7O3. The molecule has 0 unspecified atom stereocenters. The smallest absolute Gasteiger partial charge is 0.407 e. The van der Waals surface area contributed by atoms with Gasteiger partial charge in [-0.2, -0.15) is 5.26 Å². The van der Waals surface area contributed by atoms with Gasteiger partial charge in [-0.1, -0.05) is 12.8 Å². The number of rotatable bonds is 7. The van der Waals surface area contributed by atoms with E-state index in [1.54, 1.807) is 33.9 Å². The molecule has 192 valence electrons. The van der Waals surface area contributed by atoms with Crippen LogP contribution < -0.4 is 21.3 Å². The van der Waals surface area contributed by atoms with Crippen molar-refractivity contribution in [2.45, 2.75) is 71.1 Å². The van der Waals surface area contributed by atoms with Crippen molar-refractivity contribution in [2.24, 2.45) is 0 Å². The van der Waals surface area contributed by atoms with Crippen LogP contribution in [0.3, 0.4) is 0 Å². The Bertz CT molecular complexity index is 1170. The van der Waals surface area contributed by atoms with Gasteiger partial charge in [0.05, 0.1) is 29.1 Å². The Morgan fingerprint density at radius 1 is 1.14 bits per heavy atom. The number of carbonyl (C=O) groups excluding carboxylic acids is 2. The molecule has 0 aromatic carbocycles. The minimum atomic E-state index is -0.688. The summed E-state index contributed by atoms with van der Waals surface area (Å²) in [5.74, 6) is -0.393. The number of carbonyl (C=O) groups is 2. The van der Waals surface area contributed by atoms with Crippen molar-refractivity contribution in [3.63, 3.8) is 0 Å². The van der Waals surface area contributed by atoms with Crippen LogP contribution >= 0.6 is 0 Å². The van der Waals surface area contributed by atoms with E-state index in [-0.39, 0.29) is 35.1 Å². The SMILES string of the molecule is CNc1ncc(Nc2nc(N[C@@H]3CCCC[C@@H]3NC(=O)OC(C)(C)C)c(F)cc2C#N)cc1C(C)=O. The van der Waals surface area contributed by atoms with E-state index in [1.807, 2.05) is 6.07 Å². The summed E-state index contributed by atoms with van der Waals surface area (Å²) in [4.78, 5) is 32.9. The first kappa shape index (κ1) is 26.7. The second-order valence-electron chi connectivity index (χ2n) is 9.67. The number of hydrogen-bond donors (Lipinski definition) is 4. The molecule has 10 nitrogen and oxygen atoms in total. The number of nitrogens with one attached hydrogen (secondary N) is 4. The summed E-state index contributed by atoms with van der Waals surface area (Å²) in [6, 6.07) is 4.06. The van der Waals surface area contributed by atoms with Gasteiger partial charge in [-0.05, 0) is 52.7 Å². The van der Waals surface area contributed by atoms with E-state index in [0.29, 0.717) is 29.9 Å². The second-order valence-corrected chi connectivity index (χ2v) is 9.67. The highest BCUT2D eigenvalue weighted by molar-refractivity contribution is 5.99. The topological polar surface area (TPSA) is 141 Å². The average Bonchev–Trinajstić information content (AvgIpc) is 2.80. The number of Topliss-reactive ketones (excluding diaryl/α,β-unsaturated/α-hetero) is 1. The summed E-state index contributed by atoms with van der Waals surface area (Å²) in [7, 11) is 1.66. The molecule has 1 aliphatic rings. The largest absolute Gasteiger partial charge is 0.444 e. The van der Waals surface area contributed by atoms with Crippen molar-refractivity contribution in [1.82, 2.24) is 15.3 Å². The van der Waals surface area contributed by atoms with Gasteiger partial charge < -0.3 is 26.0 Å². The Labute approximate surface area is 210 Å². The molecule has 3 rings (SSSR count). The van der Waals surface area contributed by atoms with E-state index >= 15 is 0 Å². The summed E-state index contributed by atoms with van der Waals surface area (Å²) in [6.45, 7) is 6.78. The van der Waals surface area contributed by atoms with Gasteiger partial charge in [0, 0.05) is 13.1 Å². The van der Waals surface area contributed by atoms with Gasteiger partial charge in [-0.3, -0.25) is 4.79 Å². The molecule has 11 heteroatoms. The zero-order valence-corrected chi connectivity index (χ0v) is 21.2. The van der Waals surface area contributed by atoms with Crippen molar-refractivity contribution in [1.29, 1.82) is 5.26 Å². The first-order valence-electron chi connectivity index (χ1n) is 11.8. The van der Waals surface area contributed by atoms with E-state index < -0.39 is 17.5 Å². The maximum absolute atomic E-state index is 14.9. The zero-order valence-electron chi connectivity index (χ0n) is 21.2. The highest BCUT2D eigenvalue weighted by Gasteiger charge is 2.29. The van der Waals surface area contributed by atoms with Crippen LogP contribution in [0.5, 0.6) is 0 Å². The van der Waals surface area contributed by atoms with Gasteiger partial charge in [-0.25, -0.2) is 19.2 Å². The number of alkyl carbamates (subject to hydrolysis) is 1. The molecule has 2 aromatic heterocycles. The minimum absolute atomic E-state index is 0.00723. The van der Waals surface area contributed by atoms with Crippen LogP contribution in [0.15, 0.2) is 18.3 Å². The molecule has 1 saturated carbocycles. The summed E-state index contributed by atoms with van der Waals surface area (Å²) >= 11 is 0. The lowest BCUT2D eigenvalue weighted by Crippen LogP contribution is -2.50. The molecular weight excluding hydrogens is 465 g/mol. The molecule has 1 fully saturated rings. The Balaban J connectivity index is 1.85. The van der Waals surface area contributed by atoms with Crippen molar-refractivity contribution in [3.8, 4) is 6.07 Å². The predicted molar refractivity (Wildman–Crippen MR) is 135 cm³/mol. The van der Waals surface area contributed by atoms with Gasteiger partial charge in [0.15, 0.2) is 23.2 Å². The lowest BCUT2D eigenvalue weighted by atomic mass is 9.90. The number of aromatic nitrogens is 2. The van der Waals surface area contributed by atoms with E-state index in [2.05, 4.69) is 31.2 Å². The van der Waals surface area contributed by atoms with Crippen LogP contribution in [0.1, 0.15) is 69.3 Å². The Morgan fingerprint density at radius 3 is 2.44 bits per heavy atom. The van der Waals surface area contributed by atoms with Gasteiger partial charge >= 0.3 is 6.09 Å². The van der Waals surface area contributed by atoms with Crippen LogP contribution in [0, 0.1) is 17.1 Å². The fraction of sp³-hybridized carbons (Fsp3) is 0.480. The summed E-state index contributed by atoms with van der Waals surface area (Å²) < 4.78 is 20.3. The third-order valence-electron chi connectivity index (χ3n) is 5.65. The molecule has 2 atom stereocenters. The number of halogens is 1. The zero-order chi connectivity index (χ0) is 26.5. The fourth-order valence-corrected chi connectivity index (χ4v) is 4.02. The third-order valence-corrected chi connectivity index (χ3v) is 5.65. The second kappa shape index (κ2) is 11.2. The molecule has 0 bridgehead atoms. The Hall–Kier alpha value is -3.94. The number of pyridine rings is 2. The first-order valence-corrected chi connectivity index (χ1v) is 11.8. The molecule has 1 amide bonds. The van der Waals surface area contributed by atoms with E-state index in [9.17, 15) is 19.2 Å². The van der Waals surface area contributed by atoms with Crippen molar-refractivity contribution < 1.29 is 18.7 Å². The molecule has 0 radical (unpaired) electrons. The minimum Gasteiger partial charge on any atom is -0.444 e. The number of hydrogen-bond acceptors (Lipinski definition) is 9. The molecule has 4 N–H and O–H groups in total. The standard InChI is InChI=1S/C25H32FN7O3/c1-14(34)17-11-16(13-29-22(17)28-5)30-21-15(12-27)10-18(26)23(33-21)31-19-8-6-7-9-20(19)32-24(35)36-25(2,3)4/h10-11,13,19-20H,6-9H2,1-5H3,(H,28,29)(H,32,35)(H2,30,31,33)/t19-,20+/m1/s1. The molecule has 0 spiro atoms. The van der Waals surface area contributed by atoms with E-state index in [0.717, 1.165) is 18.9 Å². The van der Waals surface area contributed by atoms with E-state index in [1.165, 1.54) is 13.1 Å². The van der Waals surface area contributed by atoms with Crippen LogP contribution in [-0.2, 0) is 4.74 Å². The number of nitrogens with zero attached hydrogens (tertiary/aromatic N) is 3. The van der Waals surface area contributed by atoms with Crippen molar-refractivity contribution in [2.75, 3.05) is 23.0 Å². The monoisotopic (exact) mass is 497 g/mol. The Kier molecular flexibility index (Phi) is 8.29. The van der Waals surface area contributed by atoms with Crippen molar-refractivity contribution in [3.05, 3.63) is 35.3 Å². The molecule has 0 saturated heterocycles. The molecule has 2 heterocycles. The van der Waals surface area contributed by atoms with Crippen LogP contribution in [0.4, 0.5) is 32.3 Å². The van der Waals surface area contributed by atoms with Gasteiger partial charge in [-0.15, -0.1) is 0 Å². The van der Waals surface area contributed by atoms with E-state index in [4.69, 9.17) is 4.74 Å². The van der Waals surface area contributed by atoms with Crippen LogP contribution in [-0.4, -0.2) is 46.6 Å². The van der Waals surface area contributed by atoms with Gasteiger partial charge in [0.1, 0.15) is 17.5 Å². The van der Waals surface area contributed by atoms with Gasteiger partial charge in [0.2, 0.25) is 0 Å². The predicted octanol–water partition coefficient (Wildman–Crippen LogP) is 4.72. The Morgan fingerprint density at radius 2 is 1.83 bits per heavy atom.